The van der Waals surface area contributed by atoms with Gasteiger partial charge in [-0.15, -0.1) is 11.3 Å². The maximum Gasteiger partial charge on any atom is 0.411 e. The second kappa shape index (κ2) is 4.27. The molecule has 0 aliphatic carbocycles. The molecule has 5 heteroatoms. The van der Waals surface area contributed by atoms with Crippen LogP contribution in [0.25, 0.3) is 10.2 Å². The Morgan fingerprint density at radius 3 is 3.27 bits per heavy atom. The second-order valence-electron chi connectivity index (χ2n) is 2.88. The Balaban J connectivity index is 2.17. The summed E-state index contributed by atoms with van der Waals surface area (Å²) < 4.78 is 5.87. The van der Waals surface area contributed by atoms with Crippen LogP contribution in [0.5, 0.6) is 0 Å². The SMILES string of the molecule is CCOC(=O)Nc1ccc2scnc2c1. The zero-order valence-corrected chi connectivity index (χ0v) is 9.00. The van der Waals surface area contributed by atoms with Crippen LogP contribution in [0.15, 0.2) is 23.7 Å². The summed E-state index contributed by atoms with van der Waals surface area (Å²) >= 11 is 1.57. The molecule has 0 saturated heterocycles. The van der Waals surface area contributed by atoms with Gasteiger partial charge in [-0.2, -0.15) is 0 Å². The molecule has 78 valence electrons. The fourth-order valence-corrected chi connectivity index (χ4v) is 1.88. The third-order valence-electron chi connectivity index (χ3n) is 1.85. The van der Waals surface area contributed by atoms with Crippen LogP contribution >= 0.6 is 11.3 Å². The molecule has 1 heterocycles. The van der Waals surface area contributed by atoms with Crippen molar-refractivity contribution >= 4 is 33.3 Å². The van der Waals surface area contributed by atoms with E-state index in [4.69, 9.17) is 4.74 Å². The Hall–Kier alpha value is -1.62. The first-order valence-corrected chi connectivity index (χ1v) is 5.44. The lowest BCUT2D eigenvalue weighted by atomic mass is 10.3. The molecule has 0 bridgehead atoms. The molecule has 0 fully saturated rings. The van der Waals surface area contributed by atoms with Crippen molar-refractivity contribution in [3.63, 3.8) is 0 Å². The van der Waals surface area contributed by atoms with E-state index in [9.17, 15) is 4.79 Å². The molecule has 0 saturated carbocycles. The average Bonchev–Trinajstić information content (AvgIpc) is 2.65. The Morgan fingerprint density at radius 2 is 2.47 bits per heavy atom. The highest BCUT2D eigenvalue weighted by molar-refractivity contribution is 7.16. The van der Waals surface area contributed by atoms with Gasteiger partial charge in [0.15, 0.2) is 0 Å². The maximum atomic E-state index is 11.1. The fraction of sp³-hybridized carbons (Fsp3) is 0.200. The number of anilines is 1. The number of nitrogens with zero attached hydrogens (tertiary/aromatic N) is 1. The highest BCUT2D eigenvalue weighted by Gasteiger charge is 2.03. The van der Waals surface area contributed by atoms with Crippen LogP contribution in [-0.4, -0.2) is 17.7 Å². The number of carbonyl (C=O) groups excluding carboxylic acids is 1. The normalized spacial score (nSPS) is 10.2. The van der Waals surface area contributed by atoms with Crippen molar-refractivity contribution in [1.82, 2.24) is 4.98 Å². The summed E-state index contributed by atoms with van der Waals surface area (Å²) in [5, 5.41) is 2.63. The average molecular weight is 222 g/mol. The number of nitrogens with one attached hydrogen (secondary N) is 1. The Labute approximate surface area is 90.9 Å². The van der Waals surface area contributed by atoms with E-state index in [1.54, 1.807) is 23.8 Å². The topological polar surface area (TPSA) is 51.2 Å². The van der Waals surface area contributed by atoms with Crippen LogP contribution in [0.2, 0.25) is 0 Å². The van der Waals surface area contributed by atoms with E-state index >= 15 is 0 Å². The molecule has 2 rings (SSSR count). The molecule has 1 amide bonds. The van der Waals surface area contributed by atoms with Crippen molar-refractivity contribution in [2.45, 2.75) is 6.92 Å². The zero-order valence-electron chi connectivity index (χ0n) is 8.19. The molecule has 0 aliphatic heterocycles. The van der Waals surface area contributed by atoms with Crippen molar-refractivity contribution in [1.29, 1.82) is 0 Å². The van der Waals surface area contributed by atoms with Gasteiger partial charge < -0.3 is 4.74 Å². The van der Waals surface area contributed by atoms with Gasteiger partial charge in [-0.3, -0.25) is 5.32 Å². The summed E-state index contributed by atoms with van der Waals surface area (Å²) in [6.07, 6.45) is -0.438. The lowest BCUT2D eigenvalue weighted by Gasteiger charge is -2.04. The minimum atomic E-state index is -0.438. The van der Waals surface area contributed by atoms with E-state index in [0.29, 0.717) is 12.3 Å². The number of hydrogen-bond acceptors (Lipinski definition) is 4. The predicted molar refractivity (Wildman–Crippen MR) is 60.3 cm³/mol. The molecule has 4 nitrogen and oxygen atoms in total. The van der Waals surface area contributed by atoms with Crippen LogP contribution in [0.4, 0.5) is 10.5 Å². The van der Waals surface area contributed by atoms with Gasteiger partial charge in [0.2, 0.25) is 0 Å². The lowest BCUT2D eigenvalue weighted by Crippen LogP contribution is -2.12. The third kappa shape index (κ3) is 2.24. The van der Waals surface area contributed by atoms with E-state index < -0.39 is 6.09 Å². The summed E-state index contributed by atoms with van der Waals surface area (Å²) in [6, 6.07) is 5.58. The van der Waals surface area contributed by atoms with Crippen molar-refractivity contribution in [3.05, 3.63) is 23.7 Å². The van der Waals surface area contributed by atoms with Crippen LogP contribution in [-0.2, 0) is 4.74 Å². The van der Waals surface area contributed by atoms with Gasteiger partial charge in [0.05, 0.1) is 22.3 Å². The van der Waals surface area contributed by atoms with Gasteiger partial charge in [-0.05, 0) is 25.1 Å². The van der Waals surface area contributed by atoms with Crippen molar-refractivity contribution < 1.29 is 9.53 Å². The van der Waals surface area contributed by atoms with Crippen molar-refractivity contribution in [2.75, 3.05) is 11.9 Å². The molecule has 0 unspecified atom stereocenters. The quantitative estimate of drug-likeness (QED) is 0.850. The first-order valence-electron chi connectivity index (χ1n) is 4.56. The summed E-state index contributed by atoms with van der Waals surface area (Å²) in [7, 11) is 0. The Morgan fingerprint density at radius 1 is 1.60 bits per heavy atom. The number of fused-ring (bicyclic) bond motifs is 1. The number of aromatic nitrogens is 1. The summed E-state index contributed by atoms with van der Waals surface area (Å²) in [5.41, 5.74) is 3.36. The number of carbonyl (C=O) groups is 1. The van der Waals surface area contributed by atoms with Gasteiger partial charge in [-0.1, -0.05) is 0 Å². The molecule has 1 N–H and O–H groups in total. The number of rotatable bonds is 2. The largest absolute Gasteiger partial charge is 0.450 e. The number of amides is 1. The van der Waals surface area contributed by atoms with E-state index in [1.165, 1.54) is 0 Å². The smallest absolute Gasteiger partial charge is 0.411 e. The number of hydrogen-bond donors (Lipinski definition) is 1. The first-order chi connectivity index (χ1) is 7.29. The Bertz CT molecular complexity index is 481. The summed E-state index contributed by atoms with van der Waals surface area (Å²) in [6.45, 7) is 2.13. The molecule has 0 spiro atoms. The number of thiazole rings is 1. The minimum absolute atomic E-state index is 0.366. The van der Waals surface area contributed by atoms with Gasteiger partial charge in [0.1, 0.15) is 0 Å². The molecule has 0 radical (unpaired) electrons. The Kier molecular flexibility index (Phi) is 2.82. The molecular formula is C10H10N2O2S. The predicted octanol–water partition coefficient (Wildman–Crippen LogP) is 2.86. The standard InChI is InChI=1S/C10H10N2O2S/c1-2-14-10(13)12-7-3-4-9-8(5-7)11-6-15-9/h3-6H,2H2,1H3,(H,12,13). The highest BCUT2D eigenvalue weighted by atomic mass is 32.1. The van der Waals surface area contributed by atoms with Crippen LogP contribution in [0.1, 0.15) is 6.92 Å². The van der Waals surface area contributed by atoms with Crippen molar-refractivity contribution in [2.24, 2.45) is 0 Å². The number of benzene rings is 1. The second-order valence-corrected chi connectivity index (χ2v) is 3.77. The van der Waals surface area contributed by atoms with Gasteiger partial charge in [-0.25, -0.2) is 9.78 Å². The molecular weight excluding hydrogens is 212 g/mol. The fourth-order valence-electron chi connectivity index (χ4n) is 1.22. The van der Waals surface area contributed by atoms with E-state index in [1.807, 2.05) is 18.2 Å². The van der Waals surface area contributed by atoms with Crippen LogP contribution in [0.3, 0.4) is 0 Å². The minimum Gasteiger partial charge on any atom is -0.450 e. The summed E-state index contributed by atoms with van der Waals surface area (Å²) in [5.74, 6) is 0. The third-order valence-corrected chi connectivity index (χ3v) is 2.66. The molecule has 1 aromatic carbocycles. The van der Waals surface area contributed by atoms with Gasteiger partial charge in [0, 0.05) is 5.69 Å². The molecule has 0 aliphatic rings. The van der Waals surface area contributed by atoms with Crippen LogP contribution in [0, 0.1) is 0 Å². The summed E-state index contributed by atoms with van der Waals surface area (Å²) in [4.78, 5) is 15.3. The highest BCUT2D eigenvalue weighted by Crippen LogP contribution is 2.21. The zero-order chi connectivity index (χ0) is 10.7. The van der Waals surface area contributed by atoms with Gasteiger partial charge in [0.25, 0.3) is 0 Å². The van der Waals surface area contributed by atoms with E-state index in [0.717, 1.165) is 10.2 Å². The molecule has 2 aromatic rings. The molecule has 0 atom stereocenters. The van der Waals surface area contributed by atoms with E-state index in [2.05, 4.69) is 10.3 Å². The monoisotopic (exact) mass is 222 g/mol. The molecule has 15 heavy (non-hydrogen) atoms. The number of ether oxygens (including phenoxy) is 1. The first kappa shape index (κ1) is 9.92. The van der Waals surface area contributed by atoms with Gasteiger partial charge >= 0.3 is 6.09 Å². The van der Waals surface area contributed by atoms with E-state index in [-0.39, 0.29) is 0 Å². The molecule has 1 aromatic heterocycles. The maximum absolute atomic E-state index is 11.1. The van der Waals surface area contributed by atoms with Crippen LogP contribution < -0.4 is 5.32 Å². The lowest BCUT2D eigenvalue weighted by molar-refractivity contribution is 0.168. The van der Waals surface area contributed by atoms with Crippen molar-refractivity contribution in [3.8, 4) is 0 Å².